The van der Waals surface area contributed by atoms with Crippen molar-refractivity contribution in [2.24, 2.45) is 0 Å². The molecule has 2 aromatic heterocycles. The van der Waals surface area contributed by atoms with E-state index in [2.05, 4.69) is 49.1 Å². The van der Waals surface area contributed by atoms with Gasteiger partial charge in [-0.25, -0.2) is 36.2 Å². The first kappa shape index (κ1) is 30.2. The molecule has 0 aliphatic heterocycles. The molecule has 13 heteroatoms. The normalized spacial score (nSPS) is 13.4. The zero-order valence-electron chi connectivity index (χ0n) is 22.4. The second kappa shape index (κ2) is 13.7. The highest BCUT2D eigenvalue weighted by atomic mass is 32.2. The van der Waals surface area contributed by atoms with Gasteiger partial charge in [0.2, 0.25) is 20.0 Å². The number of hydrogen-bond donors (Lipinski definition) is 3. The van der Waals surface area contributed by atoms with E-state index in [0.29, 0.717) is 50.6 Å². The Morgan fingerprint density at radius 1 is 0.974 bits per heavy atom. The number of nitrogens with one attached hydrogen (secondary N) is 2. The highest BCUT2D eigenvalue weighted by Gasteiger charge is 2.15. The number of aromatic nitrogens is 3. The minimum absolute atomic E-state index is 0.185. The fourth-order valence-corrected chi connectivity index (χ4v) is 5.34. The van der Waals surface area contributed by atoms with Crippen LogP contribution in [0.1, 0.15) is 56.9 Å². The second-order valence-electron chi connectivity index (χ2n) is 9.84. The number of rotatable bonds is 17. The van der Waals surface area contributed by atoms with Crippen molar-refractivity contribution in [1.29, 1.82) is 0 Å². The van der Waals surface area contributed by atoms with Gasteiger partial charge in [-0.2, -0.15) is 0 Å². The van der Waals surface area contributed by atoms with E-state index >= 15 is 0 Å². The third kappa shape index (κ3) is 9.45. The van der Waals surface area contributed by atoms with Crippen LogP contribution in [0.4, 0.5) is 5.82 Å². The van der Waals surface area contributed by atoms with E-state index in [0.717, 1.165) is 60.3 Å². The summed E-state index contributed by atoms with van der Waals surface area (Å²) in [5.41, 5.74) is 9.77. The van der Waals surface area contributed by atoms with Crippen LogP contribution in [-0.4, -0.2) is 70.2 Å². The van der Waals surface area contributed by atoms with Crippen LogP contribution in [0.15, 0.2) is 24.5 Å². The van der Waals surface area contributed by atoms with E-state index in [1.807, 2.05) is 0 Å². The van der Waals surface area contributed by atoms with E-state index in [4.69, 9.17) is 10.5 Å². The summed E-state index contributed by atoms with van der Waals surface area (Å²) < 4.78 is 57.6. The highest BCUT2D eigenvalue weighted by molar-refractivity contribution is 7.89. The van der Waals surface area contributed by atoms with Crippen molar-refractivity contribution in [3.05, 3.63) is 30.1 Å². The molecule has 4 N–H and O–H groups in total. The Morgan fingerprint density at radius 3 is 2.32 bits per heavy atom. The first-order chi connectivity index (χ1) is 17.9. The van der Waals surface area contributed by atoms with Gasteiger partial charge in [0, 0.05) is 37.5 Å². The molecule has 0 spiro atoms. The predicted octanol–water partition coefficient (Wildman–Crippen LogP) is 2.73. The predicted molar refractivity (Wildman–Crippen MR) is 152 cm³/mol. The molecule has 3 rings (SSSR count). The van der Waals surface area contributed by atoms with Crippen LogP contribution in [0.5, 0.6) is 0 Å². The number of pyridine rings is 1. The van der Waals surface area contributed by atoms with Gasteiger partial charge in [-0.1, -0.05) is 31.9 Å². The number of unbranched alkanes of at least 4 members (excludes halogenated alkanes) is 4. The van der Waals surface area contributed by atoms with Crippen LogP contribution in [0.2, 0.25) is 0 Å². The number of anilines is 1. The number of hydrogen-bond acceptors (Lipinski definition) is 8. The fourth-order valence-electron chi connectivity index (χ4n) is 4.31. The van der Waals surface area contributed by atoms with Gasteiger partial charge in [-0.05, 0) is 37.3 Å². The Hall–Kier alpha value is -2.32. The Labute approximate surface area is 225 Å². The molecule has 0 aliphatic rings. The maximum atomic E-state index is 11.2. The summed E-state index contributed by atoms with van der Waals surface area (Å²) in [4.78, 5) is 9.07. The maximum absolute atomic E-state index is 11.2. The Balaban J connectivity index is 1.53. The van der Waals surface area contributed by atoms with Crippen LogP contribution < -0.4 is 15.2 Å². The molecular formula is C25H40N6O5S2. The molecule has 2 heterocycles. The molecule has 0 bridgehead atoms. The first-order valence-corrected chi connectivity index (χ1v) is 16.7. The number of nitrogens with zero attached hydrogens (tertiary/aromatic N) is 3. The number of benzene rings is 1. The molecule has 0 saturated heterocycles. The monoisotopic (exact) mass is 568 g/mol. The summed E-state index contributed by atoms with van der Waals surface area (Å²) in [6.45, 7) is 4.96. The Kier molecular flexibility index (Phi) is 10.9. The van der Waals surface area contributed by atoms with Gasteiger partial charge >= 0.3 is 0 Å². The number of sulfonamides is 2. The summed E-state index contributed by atoms with van der Waals surface area (Å²) in [7, 11) is -6.29. The summed E-state index contributed by atoms with van der Waals surface area (Å²) >= 11 is 0. The molecule has 0 radical (unpaired) electrons. The van der Waals surface area contributed by atoms with E-state index < -0.39 is 20.0 Å². The second-order valence-corrected chi connectivity index (χ2v) is 13.5. The van der Waals surface area contributed by atoms with Gasteiger partial charge in [0.05, 0.1) is 36.5 Å². The first-order valence-electron chi connectivity index (χ1n) is 13.0. The Bertz CT molecular complexity index is 1420. The average Bonchev–Trinajstić information content (AvgIpc) is 3.26. The lowest BCUT2D eigenvalue weighted by molar-refractivity contribution is 0.119. The summed E-state index contributed by atoms with van der Waals surface area (Å²) in [5, 5.41) is 0.975. The van der Waals surface area contributed by atoms with Crippen molar-refractivity contribution >= 4 is 47.8 Å². The van der Waals surface area contributed by atoms with Crippen LogP contribution in [0, 0.1) is 0 Å². The smallest absolute Gasteiger partial charge is 0.208 e. The quantitative estimate of drug-likeness (QED) is 0.210. The fraction of sp³-hybridized carbons (Fsp3) is 0.600. The molecule has 0 saturated carbocycles. The number of fused-ring (bicyclic) bond motifs is 3. The number of ether oxygens (including phenoxy) is 1. The van der Waals surface area contributed by atoms with Gasteiger partial charge in [0.25, 0.3) is 0 Å². The zero-order valence-corrected chi connectivity index (χ0v) is 24.1. The van der Waals surface area contributed by atoms with Crippen LogP contribution in [0.3, 0.4) is 0 Å². The Morgan fingerprint density at radius 2 is 1.63 bits per heavy atom. The van der Waals surface area contributed by atoms with E-state index in [9.17, 15) is 16.8 Å². The molecule has 11 nitrogen and oxygen atoms in total. The van der Waals surface area contributed by atoms with Crippen molar-refractivity contribution in [2.45, 2.75) is 57.9 Å². The third-order valence-electron chi connectivity index (χ3n) is 6.30. The van der Waals surface area contributed by atoms with Gasteiger partial charge < -0.3 is 15.0 Å². The molecule has 1 atom stereocenters. The SMILES string of the molecule is CC(COCCCCCCNS(C)(=O)=O)c1ccc2c(c1)nc(N)c1ncn(CCCCNS(C)(=O)=O)c12. The molecule has 0 amide bonds. The lowest BCUT2D eigenvalue weighted by Crippen LogP contribution is -2.23. The summed E-state index contributed by atoms with van der Waals surface area (Å²) in [5.74, 6) is 0.571. The average molecular weight is 569 g/mol. The minimum atomic E-state index is -3.18. The molecule has 1 unspecified atom stereocenters. The summed E-state index contributed by atoms with van der Waals surface area (Å²) in [6, 6.07) is 6.21. The van der Waals surface area contributed by atoms with Gasteiger partial charge in [0.1, 0.15) is 5.52 Å². The number of nitrogen functional groups attached to an aromatic ring is 1. The third-order valence-corrected chi connectivity index (χ3v) is 7.76. The standard InChI is InChI=1S/C25H40N6O5S2/c1-19(17-36-15-9-5-4-6-12-28-37(2,32)33)20-10-11-21-22(16-20)30-25(26)23-24(21)31(18-27-23)14-8-7-13-29-38(3,34)35/h10-11,16,18-19,28-29H,4-9,12-15,17H2,1-3H3,(H2,26,30). The molecule has 0 aliphatic carbocycles. The van der Waals surface area contributed by atoms with Crippen molar-refractivity contribution in [1.82, 2.24) is 24.0 Å². The molecular weight excluding hydrogens is 528 g/mol. The largest absolute Gasteiger partial charge is 0.382 e. The lowest BCUT2D eigenvalue weighted by Gasteiger charge is -2.14. The van der Waals surface area contributed by atoms with Crippen molar-refractivity contribution in [3.8, 4) is 0 Å². The van der Waals surface area contributed by atoms with Crippen LogP contribution in [-0.2, 0) is 31.3 Å². The molecule has 38 heavy (non-hydrogen) atoms. The minimum Gasteiger partial charge on any atom is -0.382 e. The van der Waals surface area contributed by atoms with Crippen LogP contribution in [0.25, 0.3) is 21.9 Å². The number of imidazole rings is 1. The number of nitrogens with two attached hydrogens (primary N) is 1. The number of aryl methyl sites for hydroxylation is 1. The zero-order chi connectivity index (χ0) is 27.8. The van der Waals surface area contributed by atoms with Gasteiger partial charge in [-0.3, -0.25) is 0 Å². The maximum Gasteiger partial charge on any atom is 0.208 e. The molecule has 0 fully saturated rings. The van der Waals surface area contributed by atoms with Gasteiger partial charge in [-0.15, -0.1) is 0 Å². The van der Waals surface area contributed by atoms with E-state index in [1.54, 1.807) is 6.33 Å². The molecule has 1 aromatic carbocycles. The van der Waals surface area contributed by atoms with E-state index in [1.165, 1.54) is 6.26 Å². The summed E-state index contributed by atoms with van der Waals surface area (Å²) in [6.07, 6.45) is 9.32. The topological polar surface area (TPSA) is 158 Å². The highest BCUT2D eigenvalue weighted by Crippen LogP contribution is 2.30. The molecule has 3 aromatic rings. The van der Waals surface area contributed by atoms with Crippen LogP contribution >= 0.6 is 0 Å². The van der Waals surface area contributed by atoms with Crippen molar-refractivity contribution < 1.29 is 21.6 Å². The van der Waals surface area contributed by atoms with E-state index in [-0.39, 0.29) is 5.92 Å². The lowest BCUT2D eigenvalue weighted by atomic mass is 10.00. The van der Waals surface area contributed by atoms with Gasteiger partial charge in [0.15, 0.2) is 5.82 Å². The molecule has 212 valence electrons. The van der Waals surface area contributed by atoms with Crippen molar-refractivity contribution in [3.63, 3.8) is 0 Å². The van der Waals surface area contributed by atoms with Crippen molar-refractivity contribution in [2.75, 3.05) is 44.5 Å².